The van der Waals surface area contributed by atoms with Crippen LogP contribution in [-0.2, 0) is 11.3 Å². The smallest absolute Gasteiger partial charge is 0.279 e. The molecule has 0 fully saturated rings. The summed E-state index contributed by atoms with van der Waals surface area (Å²) < 4.78 is 0. The molecule has 0 aromatic heterocycles. The molecule has 1 aliphatic rings. The molecule has 4 rings (SSSR count). The topological polar surface area (TPSA) is 65.3 Å². The van der Waals surface area contributed by atoms with Gasteiger partial charge in [0.05, 0.1) is 18.4 Å². The molecule has 3 aromatic carbocycles. The average Bonchev–Trinajstić information content (AvgIpc) is 2.96. The molecule has 0 atom stereocenters. The second-order valence-corrected chi connectivity index (χ2v) is 6.18. The van der Waals surface area contributed by atoms with Gasteiger partial charge in [-0.05, 0) is 41.5 Å². The lowest BCUT2D eigenvalue weighted by Gasteiger charge is -2.16. The van der Waals surface area contributed by atoms with E-state index in [0.29, 0.717) is 12.3 Å². The van der Waals surface area contributed by atoms with Crippen molar-refractivity contribution < 1.29 is 9.90 Å². The number of anilines is 1. The molecule has 0 spiro atoms. The van der Waals surface area contributed by atoms with Crippen LogP contribution in [0.5, 0.6) is 5.75 Å². The zero-order valence-corrected chi connectivity index (χ0v) is 14.5. The number of phenols is 1. The molecule has 0 radical (unpaired) electrons. The fraction of sp³-hybridized carbons (Fsp3) is 0.0455. The van der Waals surface area contributed by atoms with E-state index >= 15 is 0 Å². The maximum Gasteiger partial charge on any atom is 0.279 e. The first-order chi connectivity index (χ1) is 13.2. The Kier molecular flexibility index (Phi) is 4.49. The van der Waals surface area contributed by atoms with Gasteiger partial charge in [-0.3, -0.25) is 4.79 Å². The van der Waals surface area contributed by atoms with Gasteiger partial charge >= 0.3 is 0 Å². The highest BCUT2D eigenvalue weighted by molar-refractivity contribution is 6.54. The molecule has 3 aromatic rings. The number of fused-ring (bicyclic) bond motifs is 1. The molecule has 5 nitrogen and oxygen atoms in total. The first kappa shape index (κ1) is 16.7. The highest BCUT2D eigenvalue weighted by Crippen LogP contribution is 2.30. The average molecular weight is 355 g/mol. The zero-order valence-electron chi connectivity index (χ0n) is 14.5. The summed E-state index contributed by atoms with van der Waals surface area (Å²) in [5, 5.41) is 17.6. The standard InChI is InChI=1S/C22H17N3O2/c26-18-12-10-16(11-13-18)14-23-24-21-19-8-4-5-9-20(19)25(22(21)27)15-17-6-2-1-3-7-17/h1-14,26H,15H2/b23-14+,24-21-. The van der Waals surface area contributed by atoms with Gasteiger partial charge in [0.2, 0.25) is 0 Å². The maximum atomic E-state index is 12.9. The van der Waals surface area contributed by atoms with Crippen LogP contribution in [0.1, 0.15) is 16.7 Å². The summed E-state index contributed by atoms with van der Waals surface area (Å²) in [5.41, 5.74) is 3.79. The van der Waals surface area contributed by atoms with Gasteiger partial charge in [0.15, 0.2) is 5.71 Å². The van der Waals surface area contributed by atoms with Crippen LogP contribution in [0.3, 0.4) is 0 Å². The molecule has 0 bridgehead atoms. The SMILES string of the molecule is O=C1/C(=N\N=C\c2ccc(O)cc2)c2ccccc2N1Cc1ccccc1. The number of aromatic hydroxyl groups is 1. The maximum absolute atomic E-state index is 12.9. The largest absolute Gasteiger partial charge is 0.508 e. The van der Waals surface area contributed by atoms with Crippen molar-refractivity contribution in [2.45, 2.75) is 6.54 Å². The molecule has 0 saturated carbocycles. The zero-order chi connectivity index (χ0) is 18.6. The molecule has 1 heterocycles. The van der Waals surface area contributed by atoms with Crippen molar-refractivity contribution in [1.82, 2.24) is 0 Å². The third kappa shape index (κ3) is 3.48. The van der Waals surface area contributed by atoms with Crippen molar-refractivity contribution in [3.05, 3.63) is 95.6 Å². The number of hydrogen-bond acceptors (Lipinski definition) is 4. The number of carbonyl (C=O) groups is 1. The molecule has 1 amide bonds. The Hall–Kier alpha value is -3.73. The Morgan fingerprint density at radius 2 is 1.59 bits per heavy atom. The van der Waals surface area contributed by atoms with Crippen LogP contribution in [0.15, 0.2) is 89.1 Å². The van der Waals surface area contributed by atoms with E-state index in [-0.39, 0.29) is 11.7 Å². The molecule has 0 aliphatic carbocycles. The first-order valence-electron chi connectivity index (χ1n) is 8.57. The van der Waals surface area contributed by atoms with Crippen molar-refractivity contribution in [1.29, 1.82) is 0 Å². The molecular weight excluding hydrogens is 338 g/mol. The number of phenolic OH excluding ortho intramolecular Hbond substituents is 1. The van der Waals surface area contributed by atoms with Crippen molar-refractivity contribution in [3.8, 4) is 5.75 Å². The molecule has 0 saturated heterocycles. The van der Waals surface area contributed by atoms with Crippen molar-refractivity contribution in [3.63, 3.8) is 0 Å². The lowest BCUT2D eigenvalue weighted by molar-refractivity contribution is -0.112. The Morgan fingerprint density at radius 1 is 0.889 bits per heavy atom. The highest BCUT2D eigenvalue weighted by atomic mass is 16.3. The van der Waals surface area contributed by atoms with Crippen LogP contribution in [0.25, 0.3) is 0 Å². The third-order valence-corrected chi connectivity index (χ3v) is 4.34. The van der Waals surface area contributed by atoms with E-state index in [2.05, 4.69) is 10.2 Å². The van der Waals surface area contributed by atoms with Gasteiger partial charge in [0.25, 0.3) is 5.91 Å². The number of nitrogens with zero attached hydrogens (tertiary/aromatic N) is 3. The lowest BCUT2D eigenvalue weighted by Crippen LogP contribution is -2.29. The lowest BCUT2D eigenvalue weighted by atomic mass is 10.1. The molecule has 27 heavy (non-hydrogen) atoms. The molecular formula is C22H17N3O2. The highest BCUT2D eigenvalue weighted by Gasteiger charge is 2.33. The molecule has 132 valence electrons. The number of hydrogen-bond donors (Lipinski definition) is 1. The van der Waals surface area contributed by atoms with Crippen LogP contribution in [0.2, 0.25) is 0 Å². The van der Waals surface area contributed by atoms with Crippen LogP contribution in [0, 0.1) is 0 Å². The summed E-state index contributed by atoms with van der Waals surface area (Å²) >= 11 is 0. The minimum Gasteiger partial charge on any atom is -0.508 e. The number of amides is 1. The van der Waals surface area contributed by atoms with Gasteiger partial charge in [-0.15, -0.1) is 5.10 Å². The molecule has 1 N–H and O–H groups in total. The Balaban J connectivity index is 1.63. The number of para-hydroxylation sites is 1. The van der Waals surface area contributed by atoms with Crippen molar-refractivity contribution in [2.75, 3.05) is 4.90 Å². The normalized spacial score (nSPS) is 14.9. The van der Waals surface area contributed by atoms with Gasteiger partial charge in [0.1, 0.15) is 5.75 Å². The van der Waals surface area contributed by atoms with E-state index < -0.39 is 0 Å². The van der Waals surface area contributed by atoms with Gasteiger partial charge in [-0.2, -0.15) is 5.10 Å². The number of benzene rings is 3. The Morgan fingerprint density at radius 3 is 2.37 bits per heavy atom. The Labute approximate surface area is 156 Å². The second-order valence-electron chi connectivity index (χ2n) is 6.18. The summed E-state index contributed by atoms with van der Waals surface area (Å²) in [6.07, 6.45) is 1.56. The van der Waals surface area contributed by atoms with E-state index in [1.54, 1.807) is 35.4 Å². The number of carbonyl (C=O) groups excluding carboxylic acids is 1. The summed E-state index contributed by atoms with van der Waals surface area (Å²) in [5.74, 6) is 0.0258. The van der Waals surface area contributed by atoms with Crippen LogP contribution in [0.4, 0.5) is 5.69 Å². The summed E-state index contributed by atoms with van der Waals surface area (Å²) in [6.45, 7) is 0.484. The minimum atomic E-state index is -0.164. The van der Waals surface area contributed by atoms with E-state index in [9.17, 15) is 9.90 Å². The second kappa shape index (κ2) is 7.25. The van der Waals surface area contributed by atoms with E-state index in [0.717, 1.165) is 22.4 Å². The molecule has 5 heteroatoms. The van der Waals surface area contributed by atoms with Gasteiger partial charge in [-0.25, -0.2) is 0 Å². The van der Waals surface area contributed by atoms with Crippen molar-refractivity contribution in [2.24, 2.45) is 10.2 Å². The quantitative estimate of drug-likeness (QED) is 0.572. The first-order valence-corrected chi connectivity index (χ1v) is 8.57. The van der Waals surface area contributed by atoms with Gasteiger partial charge in [0, 0.05) is 5.56 Å². The van der Waals surface area contributed by atoms with Gasteiger partial charge < -0.3 is 10.0 Å². The van der Waals surface area contributed by atoms with Crippen LogP contribution < -0.4 is 4.90 Å². The fourth-order valence-corrected chi connectivity index (χ4v) is 2.99. The van der Waals surface area contributed by atoms with Crippen LogP contribution >= 0.6 is 0 Å². The summed E-state index contributed by atoms with van der Waals surface area (Å²) in [4.78, 5) is 14.7. The summed E-state index contributed by atoms with van der Waals surface area (Å²) in [7, 11) is 0. The predicted molar refractivity (Wildman–Crippen MR) is 106 cm³/mol. The van der Waals surface area contributed by atoms with Crippen LogP contribution in [-0.4, -0.2) is 22.9 Å². The molecule has 1 aliphatic heterocycles. The van der Waals surface area contributed by atoms with E-state index in [1.165, 1.54) is 0 Å². The van der Waals surface area contributed by atoms with Gasteiger partial charge in [-0.1, -0.05) is 48.5 Å². The summed E-state index contributed by atoms with van der Waals surface area (Å²) in [6, 6.07) is 24.1. The predicted octanol–water partition coefficient (Wildman–Crippen LogP) is 3.76. The third-order valence-electron chi connectivity index (χ3n) is 4.34. The molecule has 0 unspecified atom stereocenters. The fourth-order valence-electron chi connectivity index (χ4n) is 2.99. The minimum absolute atomic E-state index is 0.164. The van der Waals surface area contributed by atoms with Crippen molar-refractivity contribution >= 4 is 23.5 Å². The monoisotopic (exact) mass is 355 g/mol. The Bertz CT molecular complexity index is 1020. The van der Waals surface area contributed by atoms with E-state index in [1.807, 2.05) is 54.6 Å². The number of rotatable bonds is 4. The van der Waals surface area contributed by atoms with E-state index in [4.69, 9.17) is 0 Å².